The number of hydrogen-bond donors (Lipinski definition) is 0. The van der Waals surface area contributed by atoms with Gasteiger partial charge in [-0.15, -0.1) is 0 Å². The van der Waals surface area contributed by atoms with Crippen LogP contribution in [0, 0.1) is 0 Å². The first kappa shape index (κ1) is 13.7. The van der Waals surface area contributed by atoms with Crippen LogP contribution in [-0.4, -0.2) is 34.0 Å². The lowest BCUT2D eigenvalue weighted by atomic mass is 10.2. The Morgan fingerprint density at radius 1 is 1.42 bits per heavy atom. The third-order valence-corrected chi connectivity index (χ3v) is 3.60. The van der Waals surface area contributed by atoms with E-state index in [2.05, 4.69) is 10.1 Å². The van der Waals surface area contributed by atoms with Gasteiger partial charge in [-0.1, -0.05) is 5.16 Å². The molecule has 0 aliphatic carbocycles. The van der Waals surface area contributed by atoms with Crippen LogP contribution in [0.1, 0.15) is 26.2 Å². The van der Waals surface area contributed by atoms with Gasteiger partial charge in [0.25, 0.3) is 0 Å². The van der Waals surface area contributed by atoms with E-state index in [0.29, 0.717) is 24.6 Å². The summed E-state index contributed by atoms with van der Waals surface area (Å²) in [6, 6.07) is 1.94. The Balaban J connectivity index is 1.92. The molecule has 2 aromatic rings. The SMILES string of the molecule is CCN(CC)C(=O)CCc1nc(-c2ccsc2)no1. The molecule has 0 saturated carbocycles. The number of aryl methyl sites for hydroxylation is 1. The molecule has 0 radical (unpaired) electrons. The van der Waals surface area contributed by atoms with Crippen molar-refractivity contribution in [1.82, 2.24) is 15.0 Å². The smallest absolute Gasteiger partial charge is 0.227 e. The van der Waals surface area contributed by atoms with Gasteiger partial charge in [-0.25, -0.2) is 0 Å². The Morgan fingerprint density at radius 3 is 2.84 bits per heavy atom. The molecule has 5 nitrogen and oxygen atoms in total. The second-order valence-electron chi connectivity index (χ2n) is 4.09. The van der Waals surface area contributed by atoms with Gasteiger partial charge >= 0.3 is 0 Å². The van der Waals surface area contributed by atoms with E-state index in [1.165, 1.54) is 0 Å². The molecule has 19 heavy (non-hydrogen) atoms. The maximum absolute atomic E-state index is 11.9. The first-order chi connectivity index (χ1) is 9.24. The van der Waals surface area contributed by atoms with Crippen molar-refractivity contribution in [1.29, 1.82) is 0 Å². The Bertz CT molecular complexity index is 518. The van der Waals surface area contributed by atoms with Gasteiger partial charge in [0.1, 0.15) is 0 Å². The topological polar surface area (TPSA) is 59.2 Å². The summed E-state index contributed by atoms with van der Waals surface area (Å²) in [7, 11) is 0. The van der Waals surface area contributed by atoms with Crippen molar-refractivity contribution in [3.05, 3.63) is 22.7 Å². The summed E-state index contributed by atoms with van der Waals surface area (Å²) in [5.41, 5.74) is 0.954. The minimum Gasteiger partial charge on any atom is -0.343 e. The molecule has 0 atom stereocenters. The van der Waals surface area contributed by atoms with Crippen LogP contribution >= 0.6 is 11.3 Å². The van der Waals surface area contributed by atoms with Gasteiger partial charge in [-0.3, -0.25) is 4.79 Å². The van der Waals surface area contributed by atoms with Gasteiger partial charge in [0, 0.05) is 36.9 Å². The number of amides is 1. The number of rotatable bonds is 6. The zero-order valence-corrected chi connectivity index (χ0v) is 11.9. The number of carbonyl (C=O) groups is 1. The Labute approximate surface area is 116 Å². The van der Waals surface area contributed by atoms with E-state index in [9.17, 15) is 4.79 Å². The Morgan fingerprint density at radius 2 is 2.21 bits per heavy atom. The fraction of sp³-hybridized carbons (Fsp3) is 0.462. The van der Waals surface area contributed by atoms with Crippen molar-refractivity contribution in [2.45, 2.75) is 26.7 Å². The molecule has 0 saturated heterocycles. The first-order valence-electron chi connectivity index (χ1n) is 6.37. The average Bonchev–Trinajstić information content (AvgIpc) is 3.08. The number of carbonyl (C=O) groups excluding carboxylic acids is 1. The van der Waals surface area contributed by atoms with Crippen molar-refractivity contribution in [3.63, 3.8) is 0 Å². The lowest BCUT2D eigenvalue weighted by Crippen LogP contribution is -2.30. The molecule has 2 aromatic heterocycles. The zero-order chi connectivity index (χ0) is 13.7. The van der Waals surface area contributed by atoms with Crippen LogP contribution in [0.3, 0.4) is 0 Å². The van der Waals surface area contributed by atoms with E-state index in [0.717, 1.165) is 18.7 Å². The van der Waals surface area contributed by atoms with Crippen molar-refractivity contribution in [2.24, 2.45) is 0 Å². The zero-order valence-electron chi connectivity index (χ0n) is 11.1. The van der Waals surface area contributed by atoms with Crippen LogP contribution in [0.15, 0.2) is 21.3 Å². The predicted octanol–water partition coefficient (Wildman–Crippen LogP) is 2.60. The van der Waals surface area contributed by atoms with Gasteiger partial charge < -0.3 is 9.42 Å². The molecule has 0 bridgehead atoms. The number of hydrogen-bond acceptors (Lipinski definition) is 5. The van der Waals surface area contributed by atoms with Crippen molar-refractivity contribution < 1.29 is 9.32 Å². The highest BCUT2D eigenvalue weighted by Crippen LogP contribution is 2.19. The minimum absolute atomic E-state index is 0.125. The van der Waals surface area contributed by atoms with Crippen LogP contribution in [0.2, 0.25) is 0 Å². The van der Waals surface area contributed by atoms with E-state index in [1.807, 2.05) is 30.7 Å². The van der Waals surface area contributed by atoms with E-state index in [1.54, 1.807) is 16.2 Å². The molecular formula is C13H17N3O2S. The van der Waals surface area contributed by atoms with Gasteiger partial charge in [0.05, 0.1) is 0 Å². The third-order valence-electron chi connectivity index (χ3n) is 2.92. The summed E-state index contributed by atoms with van der Waals surface area (Å²) in [6.45, 7) is 5.42. The van der Waals surface area contributed by atoms with E-state index in [-0.39, 0.29) is 5.91 Å². The van der Waals surface area contributed by atoms with Crippen LogP contribution in [0.25, 0.3) is 11.4 Å². The summed E-state index contributed by atoms with van der Waals surface area (Å²) in [5, 5.41) is 7.85. The molecule has 2 rings (SSSR count). The molecule has 0 aliphatic rings. The molecule has 0 aromatic carbocycles. The monoisotopic (exact) mass is 279 g/mol. The largest absolute Gasteiger partial charge is 0.343 e. The molecule has 0 aliphatic heterocycles. The molecule has 0 unspecified atom stereocenters. The second-order valence-corrected chi connectivity index (χ2v) is 4.87. The summed E-state index contributed by atoms with van der Waals surface area (Å²) in [5.74, 6) is 1.23. The second kappa shape index (κ2) is 6.47. The van der Waals surface area contributed by atoms with Crippen LogP contribution in [0.4, 0.5) is 0 Å². The van der Waals surface area contributed by atoms with E-state index >= 15 is 0 Å². The summed E-state index contributed by atoms with van der Waals surface area (Å²) in [4.78, 5) is 17.9. The maximum Gasteiger partial charge on any atom is 0.227 e. The molecular weight excluding hydrogens is 262 g/mol. The highest BCUT2D eigenvalue weighted by Gasteiger charge is 2.13. The summed E-state index contributed by atoms with van der Waals surface area (Å²) >= 11 is 1.59. The highest BCUT2D eigenvalue weighted by atomic mass is 32.1. The standard InChI is InChI=1S/C13H17N3O2S/c1-3-16(4-2)12(17)6-5-11-14-13(15-18-11)10-7-8-19-9-10/h7-9H,3-6H2,1-2H3. The average molecular weight is 279 g/mol. The molecule has 0 spiro atoms. The summed E-state index contributed by atoms with van der Waals surface area (Å²) < 4.78 is 5.16. The van der Waals surface area contributed by atoms with Crippen molar-refractivity contribution in [2.75, 3.05) is 13.1 Å². The van der Waals surface area contributed by atoms with Crippen molar-refractivity contribution in [3.8, 4) is 11.4 Å². The predicted molar refractivity (Wildman–Crippen MR) is 73.9 cm³/mol. The number of aromatic nitrogens is 2. The van der Waals surface area contributed by atoms with E-state index < -0.39 is 0 Å². The third kappa shape index (κ3) is 3.41. The molecule has 102 valence electrons. The highest BCUT2D eigenvalue weighted by molar-refractivity contribution is 7.08. The van der Waals surface area contributed by atoms with E-state index in [4.69, 9.17) is 4.52 Å². The number of thiophene rings is 1. The van der Waals surface area contributed by atoms with Crippen LogP contribution < -0.4 is 0 Å². The van der Waals surface area contributed by atoms with Crippen LogP contribution in [-0.2, 0) is 11.2 Å². The quantitative estimate of drug-likeness (QED) is 0.815. The summed E-state index contributed by atoms with van der Waals surface area (Å²) in [6.07, 6.45) is 0.902. The molecule has 0 N–H and O–H groups in total. The van der Waals surface area contributed by atoms with Crippen LogP contribution in [0.5, 0.6) is 0 Å². The van der Waals surface area contributed by atoms with Gasteiger partial charge in [-0.2, -0.15) is 16.3 Å². The fourth-order valence-electron chi connectivity index (χ4n) is 1.81. The fourth-order valence-corrected chi connectivity index (χ4v) is 2.45. The minimum atomic E-state index is 0.125. The van der Waals surface area contributed by atoms with Crippen molar-refractivity contribution >= 4 is 17.2 Å². The molecule has 1 amide bonds. The first-order valence-corrected chi connectivity index (χ1v) is 7.31. The maximum atomic E-state index is 11.9. The van der Waals surface area contributed by atoms with Gasteiger partial charge in [0.2, 0.25) is 17.6 Å². The normalized spacial score (nSPS) is 10.6. The molecule has 0 fully saturated rings. The van der Waals surface area contributed by atoms with Gasteiger partial charge in [-0.05, 0) is 25.3 Å². The molecule has 6 heteroatoms. The Kier molecular flexibility index (Phi) is 4.68. The lowest BCUT2D eigenvalue weighted by molar-refractivity contribution is -0.130. The van der Waals surface area contributed by atoms with Gasteiger partial charge in [0.15, 0.2) is 0 Å². The number of nitrogens with zero attached hydrogens (tertiary/aromatic N) is 3. The Hall–Kier alpha value is -1.69. The lowest BCUT2D eigenvalue weighted by Gasteiger charge is -2.17. The molecule has 2 heterocycles.